The molecule has 2 N–H and O–H groups in total. The van der Waals surface area contributed by atoms with Gasteiger partial charge in [0.05, 0.1) is 23.9 Å². The third-order valence-electron chi connectivity index (χ3n) is 4.26. The molecule has 0 unspecified atom stereocenters. The molecule has 0 atom stereocenters. The van der Waals surface area contributed by atoms with Crippen molar-refractivity contribution in [3.8, 4) is 11.4 Å². The first-order chi connectivity index (χ1) is 14.3. The smallest absolute Gasteiger partial charge is 0.226 e. The fraction of sp³-hybridized carbons (Fsp3) is 0.136. The molecular weight excluding hydrogens is 364 g/mol. The van der Waals surface area contributed by atoms with Crippen LogP contribution in [0, 0.1) is 0 Å². The van der Waals surface area contributed by atoms with Crippen LogP contribution in [0.2, 0.25) is 0 Å². The van der Waals surface area contributed by atoms with E-state index in [0.29, 0.717) is 30.6 Å². The SMILES string of the molecule is C=CCNc1nc(Nc2ccc(OCC)cc2)c2cnn(-c3ccccc3)c2n1. The minimum atomic E-state index is 0.503. The summed E-state index contributed by atoms with van der Waals surface area (Å²) in [6.07, 6.45) is 3.54. The number of hydrogen-bond acceptors (Lipinski definition) is 6. The number of para-hydroxylation sites is 1. The Morgan fingerprint density at radius 2 is 1.86 bits per heavy atom. The second-order valence-corrected chi connectivity index (χ2v) is 6.28. The highest BCUT2D eigenvalue weighted by molar-refractivity contribution is 5.90. The van der Waals surface area contributed by atoms with E-state index in [-0.39, 0.29) is 0 Å². The molecule has 2 heterocycles. The Hall–Kier alpha value is -3.87. The van der Waals surface area contributed by atoms with Gasteiger partial charge in [0.1, 0.15) is 11.6 Å². The van der Waals surface area contributed by atoms with Gasteiger partial charge < -0.3 is 15.4 Å². The van der Waals surface area contributed by atoms with Crippen molar-refractivity contribution in [1.29, 1.82) is 0 Å². The molecule has 0 bridgehead atoms. The number of nitrogens with one attached hydrogen (secondary N) is 2. The first-order valence-corrected chi connectivity index (χ1v) is 9.44. The summed E-state index contributed by atoms with van der Waals surface area (Å²) >= 11 is 0. The van der Waals surface area contributed by atoms with Crippen molar-refractivity contribution in [3.63, 3.8) is 0 Å². The van der Waals surface area contributed by atoms with Gasteiger partial charge in [0, 0.05) is 12.2 Å². The Morgan fingerprint density at radius 3 is 2.59 bits per heavy atom. The van der Waals surface area contributed by atoms with E-state index < -0.39 is 0 Å². The Kier molecular flexibility index (Phi) is 5.38. The molecule has 0 spiro atoms. The third-order valence-corrected chi connectivity index (χ3v) is 4.26. The molecule has 4 rings (SSSR count). The van der Waals surface area contributed by atoms with Crippen LogP contribution in [-0.4, -0.2) is 32.9 Å². The number of nitrogens with zero attached hydrogens (tertiary/aromatic N) is 4. The predicted molar refractivity (Wildman–Crippen MR) is 116 cm³/mol. The van der Waals surface area contributed by atoms with Crippen LogP contribution in [0.25, 0.3) is 16.7 Å². The van der Waals surface area contributed by atoms with Gasteiger partial charge in [0.25, 0.3) is 0 Å². The quantitative estimate of drug-likeness (QED) is 0.433. The predicted octanol–water partition coefficient (Wildman–Crippen LogP) is 4.56. The highest BCUT2D eigenvalue weighted by Gasteiger charge is 2.14. The number of benzene rings is 2. The molecule has 0 saturated heterocycles. The molecule has 2 aromatic heterocycles. The lowest BCUT2D eigenvalue weighted by Gasteiger charge is -2.11. The molecule has 146 valence electrons. The fourth-order valence-corrected chi connectivity index (χ4v) is 2.94. The topological polar surface area (TPSA) is 76.9 Å². The number of ether oxygens (including phenoxy) is 1. The standard InChI is InChI=1S/C22H22N6O/c1-3-14-23-22-26-20(25-16-10-12-18(13-11-16)29-4-2)19-15-24-28(21(19)27-22)17-8-6-5-7-9-17/h3,5-13,15H,1,4,14H2,2H3,(H2,23,25,26,27). The van der Waals surface area contributed by atoms with Crippen molar-refractivity contribution in [2.45, 2.75) is 6.92 Å². The lowest BCUT2D eigenvalue weighted by molar-refractivity contribution is 0.340. The van der Waals surface area contributed by atoms with Gasteiger partial charge in [-0.25, -0.2) is 4.68 Å². The van der Waals surface area contributed by atoms with Crippen molar-refractivity contribution >= 4 is 28.5 Å². The molecule has 0 aliphatic carbocycles. The molecule has 0 amide bonds. The summed E-state index contributed by atoms with van der Waals surface area (Å²) in [5.74, 6) is 2.01. The molecule has 7 nitrogen and oxygen atoms in total. The van der Waals surface area contributed by atoms with Gasteiger partial charge in [-0.05, 0) is 43.3 Å². The minimum Gasteiger partial charge on any atom is -0.494 e. The maximum absolute atomic E-state index is 5.51. The molecule has 0 aliphatic heterocycles. The number of aromatic nitrogens is 4. The van der Waals surface area contributed by atoms with E-state index in [0.717, 1.165) is 22.5 Å². The first-order valence-electron chi connectivity index (χ1n) is 9.44. The van der Waals surface area contributed by atoms with Gasteiger partial charge in [0.15, 0.2) is 5.65 Å². The maximum atomic E-state index is 5.51. The summed E-state index contributed by atoms with van der Waals surface area (Å²) in [6, 6.07) is 17.7. The molecule has 0 aliphatic rings. The van der Waals surface area contributed by atoms with Gasteiger partial charge in [-0.3, -0.25) is 0 Å². The number of anilines is 3. The third kappa shape index (κ3) is 4.03. The molecule has 0 fully saturated rings. The van der Waals surface area contributed by atoms with Gasteiger partial charge in [-0.1, -0.05) is 24.3 Å². The van der Waals surface area contributed by atoms with Crippen molar-refractivity contribution in [3.05, 3.63) is 73.4 Å². The molecule has 0 radical (unpaired) electrons. The molecule has 29 heavy (non-hydrogen) atoms. The Balaban J connectivity index is 1.75. The lowest BCUT2D eigenvalue weighted by Crippen LogP contribution is -2.07. The van der Waals surface area contributed by atoms with Gasteiger partial charge in [-0.15, -0.1) is 6.58 Å². The van der Waals surface area contributed by atoms with Crippen molar-refractivity contribution in [1.82, 2.24) is 19.7 Å². The van der Waals surface area contributed by atoms with E-state index in [9.17, 15) is 0 Å². The molecule has 0 saturated carbocycles. The average Bonchev–Trinajstić information content (AvgIpc) is 3.19. The zero-order valence-corrected chi connectivity index (χ0v) is 16.2. The molecule has 7 heteroatoms. The van der Waals surface area contributed by atoms with Crippen LogP contribution in [0.5, 0.6) is 5.75 Å². The van der Waals surface area contributed by atoms with Crippen LogP contribution in [0.15, 0.2) is 73.4 Å². The number of rotatable bonds is 8. The van der Waals surface area contributed by atoms with Gasteiger partial charge in [-0.2, -0.15) is 15.1 Å². The van der Waals surface area contributed by atoms with Crippen LogP contribution in [0.4, 0.5) is 17.5 Å². The van der Waals surface area contributed by atoms with E-state index in [4.69, 9.17) is 4.74 Å². The summed E-state index contributed by atoms with van der Waals surface area (Å²) in [5, 5.41) is 11.9. The van der Waals surface area contributed by atoms with Crippen molar-refractivity contribution in [2.75, 3.05) is 23.8 Å². The molecular formula is C22H22N6O. The lowest BCUT2D eigenvalue weighted by atomic mass is 10.3. The highest BCUT2D eigenvalue weighted by Crippen LogP contribution is 2.27. The average molecular weight is 386 g/mol. The second-order valence-electron chi connectivity index (χ2n) is 6.28. The summed E-state index contributed by atoms with van der Waals surface area (Å²) < 4.78 is 7.32. The maximum Gasteiger partial charge on any atom is 0.226 e. The van der Waals surface area contributed by atoms with E-state index in [1.54, 1.807) is 17.0 Å². The zero-order chi connectivity index (χ0) is 20.1. The Bertz CT molecular complexity index is 1110. The summed E-state index contributed by atoms with van der Waals surface area (Å²) in [4.78, 5) is 9.29. The van der Waals surface area contributed by atoms with E-state index >= 15 is 0 Å². The normalized spacial score (nSPS) is 10.7. The van der Waals surface area contributed by atoms with Crippen molar-refractivity contribution < 1.29 is 4.74 Å². The summed E-state index contributed by atoms with van der Waals surface area (Å²) in [7, 11) is 0. The molecule has 2 aromatic carbocycles. The van der Waals surface area contributed by atoms with E-state index in [1.165, 1.54) is 0 Å². The van der Waals surface area contributed by atoms with Crippen molar-refractivity contribution in [2.24, 2.45) is 0 Å². The van der Waals surface area contributed by atoms with E-state index in [1.807, 2.05) is 61.5 Å². The monoisotopic (exact) mass is 386 g/mol. The van der Waals surface area contributed by atoms with Crippen LogP contribution in [0.1, 0.15) is 6.92 Å². The summed E-state index contributed by atoms with van der Waals surface area (Å²) in [5.41, 5.74) is 2.55. The zero-order valence-electron chi connectivity index (χ0n) is 16.2. The first kappa shape index (κ1) is 18.5. The Labute approximate surface area is 169 Å². The van der Waals surface area contributed by atoms with Crippen LogP contribution in [0.3, 0.4) is 0 Å². The number of hydrogen-bond donors (Lipinski definition) is 2. The molecule has 4 aromatic rings. The minimum absolute atomic E-state index is 0.503. The van der Waals surface area contributed by atoms with E-state index in [2.05, 4.69) is 32.3 Å². The van der Waals surface area contributed by atoms with Crippen LogP contribution < -0.4 is 15.4 Å². The van der Waals surface area contributed by atoms with Crippen LogP contribution in [-0.2, 0) is 0 Å². The van der Waals surface area contributed by atoms with Gasteiger partial charge >= 0.3 is 0 Å². The summed E-state index contributed by atoms with van der Waals surface area (Å²) in [6.45, 7) is 6.91. The fourth-order valence-electron chi connectivity index (χ4n) is 2.94. The Morgan fingerprint density at radius 1 is 1.07 bits per heavy atom. The van der Waals surface area contributed by atoms with Crippen LogP contribution >= 0.6 is 0 Å². The largest absolute Gasteiger partial charge is 0.494 e. The number of fused-ring (bicyclic) bond motifs is 1. The van der Waals surface area contributed by atoms with Gasteiger partial charge in [0.2, 0.25) is 5.95 Å². The highest BCUT2D eigenvalue weighted by atomic mass is 16.5. The second kappa shape index (κ2) is 8.43.